The van der Waals surface area contributed by atoms with E-state index in [9.17, 15) is 18.0 Å². The summed E-state index contributed by atoms with van der Waals surface area (Å²) >= 11 is 1.58. The van der Waals surface area contributed by atoms with Gasteiger partial charge in [-0.25, -0.2) is 9.78 Å². The van der Waals surface area contributed by atoms with Gasteiger partial charge in [-0.2, -0.15) is 13.2 Å². The van der Waals surface area contributed by atoms with E-state index in [1.165, 1.54) is 0 Å². The van der Waals surface area contributed by atoms with Crippen LogP contribution in [0.1, 0.15) is 21.2 Å². The molecule has 0 fully saturated rings. The highest BCUT2D eigenvalue weighted by Gasteiger charge is 2.38. The number of nitrogens with zero attached hydrogens (tertiary/aromatic N) is 3. The van der Waals surface area contributed by atoms with Crippen molar-refractivity contribution >= 4 is 33.4 Å². The molecular formula is C17H16F3N5O3S. The zero-order valence-corrected chi connectivity index (χ0v) is 15.7. The summed E-state index contributed by atoms with van der Waals surface area (Å²) < 4.78 is 34.9. The van der Waals surface area contributed by atoms with Crippen molar-refractivity contribution in [3.05, 3.63) is 47.0 Å². The van der Waals surface area contributed by atoms with Crippen LogP contribution in [0.3, 0.4) is 0 Å². The molecule has 0 saturated carbocycles. The Morgan fingerprint density at radius 3 is 2.76 bits per heavy atom. The summed E-state index contributed by atoms with van der Waals surface area (Å²) in [6, 6.07) is 5.83. The number of halogens is 3. The number of fused-ring (bicyclic) bond motifs is 2. The number of hydrogen-bond donors (Lipinski definition) is 3. The van der Waals surface area contributed by atoms with Crippen LogP contribution in [0.2, 0.25) is 0 Å². The number of aliphatic carboxylic acids is 1. The minimum Gasteiger partial charge on any atom is -0.475 e. The fourth-order valence-electron chi connectivity index (χ4n) is 2.68. The van der Waals surface area contributed by atoms with Crippen molar-refractivity contribution in [2.45, 2.75) is 25.8 Å². The lowest BCUT2D eigenvalue weighted by molar-refractivity contribution is -0.192. The number of hydrogen-bond acceptors (Lipinski definition) is 6. The van der Waals surface area contributed by atoms with Gasteiger partial charge in [-0.05, 0) is 18.2 Å². The monoisotopic (exact) mass is 427 g/mol. The summed E-state index contributed by atoms with van der Waals surface area (Å²) in [5, 5.41) is 14.3. The molecule has 1 aliphatic rings. The van der Waals surface area contributed by atoms with Gasteiger partial charge in [0, 0.05) is 31.5 Å². The molecule has 3 aromatic heterocycles. The van der Waals surface area contributed by atoms with Crippen LogP contribution >= 0.6 is 11.3 Å². The van der Waals surface area contributed by atoms with Gasteiger partial charge in [0.05, 0.1) is 23.0 Å². The minimum atomic E-state index is -5.08. The van der Waals surface area contributed by atoms with Crippen LogP contribution in [0.15, 0.2) is 30.6 Å². The summed E-state index contributed by atoms with van der Waals surface area (Å²) in [7, 11) is 0. The predicted octanol–water partition coefficient (Wildman–Crippen LogP) is 2.16. The van der Waals surface area contributed by atoms with Crippen LogP contribution in [0.25, 0.3) is 10.2 Å². The van der Waals surface area contributed by atoms with Crippen molar-refractivity contribution in [1.82, 2.24) is 25.2 Å². The number of amides is 1. The number of carboxylic acids is 1. The van der Waals surface area contributed by atoms with Crippen molar-refractivity contribution in [2.75, 3.05) is 6.54 Å². The third-order valence-electron chi connectivity index (χ3n) is 4.00. The van der Waals surface area contributed by atoms with E-state index in [4.69, 9.17) is 9.90 Å². The van der Waals surface area contributed by atoms with Crippen molar-refractivity contribution in [3.8, 4) is 0 Å². The van der Waals surface area contributed by atoms with E-state index in [0.29, 0.717) is 6.54 Å². The zero-order valence-electron chi connectivity index (χ0n) is 14.9. The summed E-state index contributed by atoms with van der Waals surface area (Å²) in [6.45, 7) is 2.99. The first-order valence-corrected chi connectivity index (χ1v) is 9.24. The van der Waals surface area contributed by atoms with E-state index < -0.39 is 12.1 Å². The van der Waals surface area contributed by atoms with Gasteiger partial charge < -0.3 is 20.3 Å². The maximum Gasteiger partial charge on any atom is 0.490 e. The molecule has 8 nitrogen and oxygen atoms in total. The number of nitrogens with one attached hydrogen (secondary N) is 2. The van der Waals surface area contributed by atoms with Crippen molar-refractivity contribution in [2.24, 2.45) is 0 Å². The quantitative estimate of drug-likeness (QED) is 0.591. The first-order valence-electron chi connectivity index (χ1n) is 8.42. The molecule has 0 unspecified atom stereocenters. The van der Waals surface area contributed by atoms with Crippen molar-refractivity contribution < 1.29 is 27.9 Å². The van der Waals surface area contributed by atoms with Crippen molar-refractivity contribution in [3.63, 3.8) is 0 Å². The lowest BCUT2D eigenvalue weighted by Crippen LogP contribution is -2.32. The van der Waals surface area contributed by atoms with E-state index >= 15 is 0 Å². The normalized spacial score (nSPS) is 13.3. The molecular weight excluding hydrogens is 411 g/mol. The summed E-state index contributed by atoms with van der Waals surface area (Å²) in [4.78, 5) is 29.8. The predicted molar refractivity (Wildman–Crippen MR) is 98.4 cm³/mol. The molecule has 1 aliphatic heterocycles. The standard InChI is InChI=1S/C15H15N5OS.C2HF3O2/c21-15(12-2-1-10-7-17-5-6-20(10)12)18-9-14-19-11-8-16-4-3-13(11)22-14;3-2(4,5)1(6)7/h1-4,8,17H,5-7,9H2,(H,18,21);(H,6,7). The molecule has 3 aromatic rings. The first-order chi connectivity index (χ1) is 13.8. The smallest absolute Gasteiger partial charge is 0.475 e. The zero-order chi connectivity index (χ0) is 21.0. The number of carbonyl (C=O) groups is 2. The third kappa shape index (κ3) is 5.09. The van der Waals surface area contributed by atoms with Gasteiger partial charge in [-0.15, -0.1) is 11.3 Å². The second-order valence-electron chi connectivity index (χ2n) is 5.97. The molecule has 0 aliphatic carbocycles. The van der Waals surface area contributed by atoms with Crippen LogP contribution in [0.5, 0.6) is 0 Å². The summed E-state index contributed by atoms with van der Waals surface area (Å²) in [5.74, 6) is -2.81. The molecule has 0 saturated heterocycles. The van der Waals surface area contributed by atoms with Gasteiger partial charge in [0.15, 0.2) is 0 Å². The van der Waals surface area contributed by atoms with Crippen LogP contribution in [0.4, 0.5) is 13.2 Å². The Balaban J connectivity index is 0.000000298. The second-order valence-corrected chi connectivity index (χ2v) is 7.09. The van der Waals surface area contributed by atoms with Gasteiger partial charge in [0.2, 0.25) is 0 Å². The maximum absolute atomic E-state index is 12.4. The molecule has 154 valence electrons. The molecule has 0 aromatic carbocycles. The number of carbonyl (C=O) groups excluding carboxylic acids is 1. The first kappa shape index (κ1) is 20.7. The number of rotatable bonds is 3. The largest absolute Gasteiger partial charge is 0.490 e. The Hall–Kier alpha value is -2.99. The Bertz CT molecular complexity index is 998. The average Bonchev–Trinajstić information content (AvgIpc) is 3.29. The number of carboxylic acid groups (broad SMARTS) is 1. The Kier molecular flexibility index (Phi) is 6.13. The second kappa shape index (κ2) is 8.57. The van der Waals surface area contributed by atoms with Gasteiger partial charge >= 0.3 is 12.1 Å². The Morgan fingerprint density at radius 1 is 1.31 bits per heavy atom. The molecule has 3 N–H and O–H groups in total. The fourth-order valence-corrected chi connectivity index (χ4v) is 3.56. The van der Waals surface area contributed by atoms with E-state index in [1.54, 1.807) is 23.7 Å². The van der Waals surface area contributed by atoms with Gasteiger partial charge in [-0.3, -0.25) is 9.78 Å². The van der Waals surface area contributed by atoms with Gasteiger partial charge in [0.25, 0.3) is 5.91 Å². The van der Waals surface area contributed by atoms with Crippen LogP contribution in [-0.4, -0.2) is 44.2 Å². The SMILES string of the molecule is O=C(NCc1nc2cnccc2s1)c1ccc2n1CCNC2.O=C(O)C(F)(F)F. The molecule has 4 heterocycles. The fraction of sp³-hybridized carbons (Fsp3) is 0.294. The van der Waals surface area contributed by atoms with Crippen molar-refractivity contribution in [1.29, 1.82) is 0 Å². The Labute approximate surface area is 166 Å². The molecule has 0 bridgehead atoms. The molecule has 0 radical (unpaired) electrons. The van der Waals surface area contributed by atoms with Crippen LogP contribution in [-0.2, 0) is 24.4 Å². The lowest BCUT2D eigenvalue weighted by Gasteiger charge is -2.18. The summed E-state index contributed by atoms with van der Waals surface area (Å²) in [6.07, 6.45) is -1.59. The van der Waals surface area contributed by atoms with E-state index in [1.807, 2.05) is 18.2 Å². The highest BCUT2D eigenvalue weighted by Crippen LogP contribution is 2.20. The lowest BCUT2D eigenvalue weighted by atomic mass is 10.3. The van der Waals surface area contributed by atoms with E-state index in [0.717, 1.165) is 46.2 Å². The number of aromatic nitrogens is 3. The molecule has 12 heteroatoms. The topological polar surface area (TPSA) is 109 Å². The van der Waals surface area contributed by atoms with Crippen LogP contribution in [0, 0.1) is 0 Å². The summed E-state index contributed by atoms with van der Waals surface area (Å²) in [5.41, 5.74) is 2.75. The number of pyridine rings is 1. The molecule has 4 rings (SSSR count). The molecule has 0 spiro atoms. The van der Waals surface area contributed by atoms with E-state index in [-0.39, 0.29) is 5.91 Å². The molecule has 0 atom stereocenters. The van der Waals surface area contributed by atoms with Gasteiger partial charge in [0.1, 0.15) is 10.7 Å². The Morgan fingerprint density at radius 2 is 2.07 bits per heavy atom. The molecule has 29 heavy (non-hydrogen) atoms. The highest BCUT2D eigenvalue weighted by atomic mass is 32.1. The highest BCUT2D eigenvalue weighted by molar-refractivity contribution is 7.18. The number of alkyl halides is 3. The maximum atomic E-state index is 12.4. The van der Waals surface area contributed by atoms with E-state index in [2.05, 4.69) is 25.2 Å². The minimum absolute atomic E-state index is 0.0504. The third-order valence-corrected chi connectivity index (χ3v) is 5.04. The van der Waals surface area contributed by atoms with Gasteiger partial charge in [-0.1, -0.05) is 0 Å². The van der Waals surface area contributed by atoms with Crippen LogP contribution < -0.4 is 10.6 Å². The number of thiazole rings is 1. The average molecular weight is 427 g/mol. The molecule has 1 amide bonds.